The van der Waals surface area contributed by atoms with Crippen molar-refractivity contribution in [2.45, 2.75) is 46.1 Å². The van der Waals surface area contributed by atoms with Gasteiger partial charge in [-0.2, -0.15) is 0 Å². The van der Waals surface area contributed by atoms with Crippen LogP contribution >= 0.6 is 0 Å². The van der Waals surface area contributed by atoms with E-state index in [1.165, 1.54) is 25.7 Å². The molecule has 1 heterocycles. The van der Waals surface area contributed by atoms with Crippen molar-refractivity contribution in [3.05, 3.63) is 23.9 Å². The number of unbranched alkanes of at least 4 members (excludes halogenated alkanes) is 1. The molecule has 124 valence electrons. The predicted molar refractivity (Wildman–Crippen MR) is 92.3 cm³/mol. The third kappa shape index (κ3) is 6.78. The van der Waals surface area contributed by atoms with Crippen LogP contribution in [0.4, 0.5) is 0 Å². The molecule has 0 amide bonds. The fourth-order valence-electron chi connectivity index (χ4n) is 2.23. The zero-order chi connectivity index (χ0) is 16.2. The van der Waals surface area contributed by atoms with Crippen molar-refractivity contribution in [3.8, 4) is 5.88 Å². The van der Waals surface area contributed by atoms with Gasteiger partial charge in [-0.3, -0.25) is 4.99 Å². The van der Waals surface area contributed by atoms with Crippen LogP contribution in [0.15, 0.2) is 23.3 Å². The van der Waals surface area contributed by atoms with Gasteiger partial charge in [0.2, 0.25) is 5.88 Å². The van der Waals surface area contributed by atoms with Gasteiger partial charge in [-0.25, -0.2) is 4.98 Å². The Kier molecular flexibility index (Phi) is 9.03. The van der Waals surface area contributed by atoms with Gasteiger partial charge in [0.15, 0.2) is 5.96 Å². The minimum atomic E-state index is 0.632. The van der Waals surface area contributed by atoms with Crippen molar-refractivity contribution in [2.24, 2.45) is 10.9 Å². The van der Waals surface area contributed by atoms with Gasteiger partial charge in [0.1, 0.15) is 0 Å². The predicted octanol–water partition coefficient (Wildman–Crippen LogP) is 2.97. The topological polar surface area (TPSA) is 58.5 Å². The van der Waals surface area contributed by atoms with Crippen molar-refractivity contribution in [3.63, 3.8) is 0 Å². The Morgan fingerprint density at radius 3 is 2.68 bits per heavy atom. The summed E-state index contributed by atoms with van der Waals surface area (Å²) in [7, 11) is 3.42. The fourth-order valence-corrected chi connectivity index (χ4v) is 2.23. The second-order valence-electron chi connectivity index (χ2n) is 5.43. The Balaban J connectivity index is 2.38. The zero-order valence-corrected chi connectivity index (χ0v) is 14.4. The summed E-state index contributed by atoms with van der Waals surface area (Å²) in [5, 5.41) is 6.73. The number of hydrogen-bond acceptors (Lipinski definition) is 3. The molecule has 0 aliphatic rings. The van der Waals surface area contributed by atoms with Crippen molar-refractivity contribution in [1.29, 1.82) is 0 Å². The number of rotatable bonds is 9. The Bertz CT molecular complexity index is 431. The Labute approximate surface area is 134 Å². The van der Waals surface area contributed by atoms with Gasteiger partial charge in [0.25, 0.3) is 0 Å². The number of methoxy groups -OCH3 is 1. The largest absolute Gasteiger partial charge is 0.481 e. The second-order valence-corrected chi connectivity index (χ2v) is 5.43. The lowest BCUT2D eigenvalue weighted by atomic mass is 9.99. The van der Waals surface area contributed by atoms with Crippen molar-refractivity contribution in [2.75, 3.05) is 20.7 Å². The van der Waals surface area contributed by atoms with Gasteiger partial charge >= 0.3 is 0 Å². The highest BCUT2D eigenvalue weighted by Gasteiger charge is 2.07. The monoisotopic (exact) mass is 306 g/mol. The summed E-state index contributed by atoms with van der Waals surface area (Å²) in [6, 6.07) is 3.87. The molecule has 1 atom stereocenters. The molecule has 1 aromatic rings. The molecule has 5 nitrogen and oxygen atoms in total. The molecule has 1 unspecified atom stereocenters. The van der Waals surface area contributed by atoms with Crippen molar-refractivity contribution in [1.82, 2.24) is 15.6 Å². The third-order valence-electron chi connectivity index (χ3n) is 3.79. The first-order valence-electron chi connectivity index (χ1n) is 8.16. The lowest BCUT2D eigenvalue weighted by Gasteiger charge is -2.18. The average molecular weight is 306 g/mol. The van der Waals surface area contributed by atoms with E-state index in [1.54, 1.807) is 14.2 Å². The van der Waals surface area contributed by atoms with Crippen LogP contribution in [-0.2, 0) is 6.54 Å². The van der Waals surface area contributed by atoms with E-state index in [4.69, 9.17) is 4.74 Å². The van der Waals surface area contributed by atoms with Crippen LogP contribution in [0.1, 0.15) is 45.1 Å². The molecule has 0 aliphatic carbocycles. The molecule has 0 saturated heterocycles. The highest BCUT2D eigenvalue weighted by molar-refractivity contribution is 5.79. The van der Waals surface area contributed by atoms with Crippen LogP contribution in [0.25, 0.3) is 0 Å². The number of nitrogens with one attached hydrogen (secondary N) is 2. The van der Waals surface area contributed by atoms with E-state index in [2.05, 4.69) is 34.5 Å². The molecule has 1 aromatic heterocycles. The maximum Gasteiger partial charge on any atom is 0.212 e. The molecule has 0 aliphatic heterocycles. The van der Waals surface area contributed by atoms with Crippen molar-refractivity contribution < 1.29 is 4.74 Å². The number of pyridine rings is 1. The fraction of sp³-hybridized carbons (Fsp3) is 0.647. The van der Waals surface area contributed by atoms with Gasteiger partial charge in [0, 0.05) is 32.4 Å². The summed E-state index contributed by atoms with van der Waals surface area (Å²) >= 11 is 0. The molecule has 5 heteroatoms. The number of hydrogen-bond donors (Lipinski definition) is 2. The minimum Gasteiger partial charge on any atom is -0.481 e. The minimum absolute atomic E-state index is 0.632. The third-order valence-corrected chi connectivity index (χ3v) is 3.79. The molecule has 0 bridgehead atoms. The summed E-state index contributed by atoms with van der Waals surface area (Å²) in [6.45, 7) is 6.16. The smallest absolute Gasteiger partial charge is 0.212 e. The summed E-state index contributed by atoms with van der Waals surface area (Å²) in [4.78, 5) is 8.47. The van der Waals surface area contributed by atoms with Crippen molar-refractivity contribution >= 4 is 5.96 Å². The van der Waals surface area contributed by atoms with Crippen LogP contribution in [0.2, 0.25) is 0 Å². The molecule has 0 aromatic carbocycles. The van der Waals surface area contributed by atoms with Crippen LogP contribution in [0.5, 0.6) is 5.88 Å². The molecule has 0 saturated carbocycles. The van der Waals surface area contributed by atoms with E-state index in [-0.39, 0.29) is 0 Å². The number of guanidine groups is 1. The normalized spacial score (nSPS) is 12.8. The van der Waals surface area contributed by atoms with E-state index < -0.39 is 0 Å². The van der Waals surface area contributed by atoms with E-state index in [9.17, 15) is 0 Å². The standard InChI is InChI=1S/C17H30N4O/c1-5-7-8-14(6-2)11-20-17(18-3)21-13-15-9-10-16(22-4)19-12-15/h9-10,12,14H,5-8,11,13H2,1-4H3,(H2,18,20,21). The van der Waals surface area contributed by atoms with Gasteiger partial charge in [-0.05, 0) is 17.9 Å². The second kappa shape index (κ2) is 10.9. The molecule has 22 heavy (non-hydrogen) atoms. The Hall–Kier alpha value is -1.78. The molecule has 0 radical (unpaired) electrons. The summed E-state index contributed by atoms with van der Waals surface area (Å²) in [5.74, 6) is 2.18. The number of ether oxygens (including phenoxy) is 1. The molecular formula is C17H30N4O. The molecule has 0 fully saturated rings. The van der Waals surface area contributed by atoms with Crippen LogP contribution < -0.4 is 15.4 Å². The van der Waals surface area contributed by atoms with Crippen LogP contribution in [0, 0.1) is 5.92 Å². The molecule has 0 spiro atoms. The van der Waals surface area contributed by atoms with Crippen LogP contribution in [-0.4, -0.2) is 31.6 Å². The summed E-state index contributed by atoms with van der Waals surface area (Å²) in [6.07, 6.45) is 6.85. The highest BCUT2D eigenvalue weighted by Crippen LogP contribution is 2.11. The summed E-state index contributed by atoms with van der Waals surface area (Å²) in [5.41, 5.74) is 1.10. The maximum absolute atomic E-state index is 5.06. The summed E-state index contributed by atoms with van der Waals surface area (Å²) < 4.78 is 5.06. The first kappa shape index (κ1) is 18.3. The quantitative estimate of drug-likeness (QED) is 0.544. The van der Waals surface area contributed by atoms with E-state index >= 15 is 0 Å². The SMILES string of the molecule is CCCCC(CC)CNC(=NC)NCc1ccc(OC)nc1. The number of nitrogens with zero attached hydrogens (tertiary/aromatic N) is 2. The van der Waals surface area contributed by atoms with Crippen LogP contribution in [0.3, 0.4) is 0 Å². The Morgan fingerprint density at radius 2 is 2.14 bits per heavy atom. The first-order valence-corrected chi connectivity index (χ1v) is 8.16. The molecule has 2 N–H and O–H groups in total. The molecular weight excluding hydrogens is 276 g/mol. The molecule has 1 rings (SSSR count). The maximum atomic E-state index is 5.06. The van der Waals surface area contributed by atoms with E-state index in [0.29, 0.717) is 18.3 Å². The lowest BCUT2D eigenvalue weighted by Crippen LogP contribution is -2.39. The van der Waals surface area contributed by atoms with Gasteiger partial charge in [-0.1, -0.05) is 39.2 Å². The van der Waals surface area contributed by atoms with Gasteiger partial charge in [0.05, 0.1) is 7.11 Å². The van der Waals surface area contributed by atoms with Gasteiger partial charge < -0.3 is 15.4 Å². The van der Waals surface area contributed by atoms with E-state index in [0.717, 1.165) is 18.1 Å². The van der Waals surface area contributed by atoms with E-state index in [1.807, 2.05) is 18.3 Å². The number of aromatic nitrogens is 1. The Morgan fingerprint density at radius 1 is 1.32 bits per heavy atom. The first-order chi connectivity index (χ1) is 10.7. The average Bonchev–Trinajstić information content (AvgIpc) is 2.58. The lowest BCUT2D eigenvalue weighted by molar-refractivity contribution is 0.397. The van der Waals surface area contributed by atoms with Gasteiger partial charge in [-0.15, -0.1) is 0 Å². The highest BCUT2D eigenvalue weighted by atomic mass is 16.5. The number of aliphatic imine (C=N–C) groups is 1. The zero-order valence-electron chi connectivity index (χ0n) is 14.4.